The van der Waals surface area contributed by atoms with E-state index in [1.54, 1.807) is 13.8 Å². The fraction of sp³-hybridized carbons (Fsp3) is 0.929. The number of carbonyl (C=O) groups excluding carboxylic acids is 1. The Morgan fingerprint density at radius 2 is 1.74 bits per heavy atom. The van der Waals surface area contributed by atoms with Crippen molar-refractivity contribution < 1.29 is 22.7 Å². The first-order valence-electron chi connectivity index (χ1n) is 6.86. The minimum absolute atomic E-state index is 0.0368. The Morgan fingerprint density at radius 1 is 1.21 bits per heavy atom. The van der Waals surface area contributed by atoms with E-state index in [4.69, 9.17) is 4.74 Å². The summed E-state index contributed by atoms with van der Waals surface area (Å²) in [5, 5.41) is 0. The van der Waals surface area contributed by atoms with Gasteiger partial charge in [-0.25, -0.2) is 0 Å². The van der Waals surface area contributed by atoms with Gasteiger partial charge in [-0.1, -0.05) is 34.1 Å². The lowest BCUT2D eigenvalue weighted by Gasteiger charge is -2.41. The normalized spacial score (nSPS) is 18.5. The molecule has 0 aromatic carbocycles. The Morgan fingerprint density at radius 3 is 2.05 bits per heavy atom. The topological polar surface area (TPSA) is 26.3 Å². The zero-order chi connectivity index (χ0) is 15.3. The Hall–Kier alpha value is -0.740. The van der Waals surface area contributed by atoms with Gasteiger partial charge in [0.25, 0.3) is 0 Å². The lowest BCUT2D eigenvalue weighted by Crippen LogP contribution is -2.45. The molecule has 0 amide bonds. The van der Waals surface area contributed by atoms with Gasteiger partial charge in [-0.15, -0.1) is 0 Å². The fourth-order valence-electron chi connectivity index (χ4n) is 2.41. The summed E-state index contributed by atoms with van der Waals surface area (Å²) in [6.07, 6.45) is -3.92. The molecule has 19 heavy (non-hydrogen) atoms. The van der Waals surface area contributed by atoms with Gasteiger partial charge in [-0.05, 0) is 25.2 Å². The number of hydrogen-bond acceptors (Lipinski definition) is 2. The average molecular weight is 282 g/mol. The zero-order valence-electron chi connectivity index (χ0n) is 12.4. The number of ether oxygens (including phenoxy) is 1. The van der Waals surface area contributed by atoms with Crippen molar-refractivity contribution in [2.75, 3.05) is 6.61 Å². The molecule has 0 aliphatic heterocycles. The SMILES string of the molecule is CCOC(=O)C[C@@H](C(C)CC)C(C)(CC)C(F)(F)F. The second kappa shape index (κ2) is 7.15. The third-order valence-corrected chi connectivity index (χ3v) is 4.22. The van der Waals surface area contributed by atoms with Gasteiger partial charge in [0.15, 0.2) is 0 Å². The molecule has 114 valence electrons. The number of halogens is 3. The van der Waals surface area contributed by atoms with Crippen molar-refractivity contribution in [3.63, 3.8) is 0 Å². The van der Waals surface area contributed by atoms with Crippen molar-refractivity contribution in [3.05, 3.63) is 0 Å². The molecule has 0 N–H and O–H groups in total. The van der Waals surface area contributed by atoms with Gasteiger partial charge in [0, 0.05) is 6.42 Å². The summed E-state index contributed by atoms with van der Waals surface area (Å²) in [6, 6.07) is 0. The maximum atomic E-state index is 13.3. The second-order valence-electron chi connectivity index (χ2n) is 5.27. The van der Waals surface area contributed by atoms with Gasteiger partial charge < -0.3 is 4.74 Å². The number of alkyl halides is 3. The highest BCUT2D eigenvalue weighted by Crippen LogP contribution is 2.51. The largest absolute Gasteiger partial charge is 0.466 e. The predicted octanol–water partition coefficient (Wildman–Crippen LogP) is 4.58. The minimum Gasteiger partial charge on any atom is -0.466 e. The maximum absolute atomic E-state index is 13.3. The Bertz CT molecular complexity index is 289. The lowest BCUT2D eigenvalue weighted by molar-refractivity contribution is -0.244. The molecule has 0 aromatic heterocycles. The van der Waals surface area contributed by atoms with Crippen LogP contribution in [0, 0.1) is 17.3 Å². The van der Waals surface area contributed by atoms with E-state index in [0.717, 1.165) is 0 Å². The first-order valence-corrected chi connectivity index (χ1v) is 6.86. The quantitative estimate of drug-likeness (QED) is 0.639. The highest BCUT2D eigenvalue weighted by atomic mass is 19.4. The standard InChI is InChI=1S/C14H25F3O2/c1-6-10(4)11(9-12(18)19-8-3)13(5,7-2)14(15,16)17/h10-11H,6-9H2,1-5H3/t10?,11-,13?/m0/s1. The summed E-state index contributed by atoms with van der Waals surface area (Å²) >= 11 is 0. The van der Waals surface area contributed by atoms with E-state index in [0.29, 0.717) is 6.42 Å². The highest BCUT2D eigenvalue weighted by molar-refractivity contribution is 5.69. The highest BCUT2D eigenvalue weighted by Gasteiger charge is 2.55. The van der Waals surface area contributed by atoms with E-state index in [9.17, 15) is 18.0 Å². The van der Waals surface area contributed by atoms with Crippen LogP contribution in [0.2, 0.25) is 0 Å². The van der Waals surface area contributed by atoms with Gasteiger partial charge in [0.2, 0.25) is 0 Å². The van der Waals surface area contributed by atoms with Gasteiger partial charge in [0.05, 0.1) is 12.0 Å². The van der Waals surface area contributed by atoms with Crippen molar-refractivity contribution in [3.8, 4) is 0 Å². The van der Waals surface area contributed by atoms with Gasteiger partial charge in [0.1, 0.15) is 0 Å². The van der Waals surface area contributed by atoms with Crippen molar-refractivity contribution in [2.45, 2.75) is 60.1 Å². The van der Waals surface area contributed by atoms with Crippen molar-refractivity contribution in [2.24, 2.45) is 17.3 Å². The molecule has 0 aliphatic rings. The molecule has 0 fully saturated rings. The molecule has 0 saturated carbocycles. The van der Waals surface area contributed by atoms with Crippen molar-refractivity contribution >= 4 is 5.97 Å². The van der Waals surface area contributed by atoms with E-state index in [2.05, 4.69) is 0 Å². The molecule has 3 atom stereocenters. The van der Waals surface area contributed by atoms with Gasteiger partial charge in [-0.2, -0.15) is 13.2 Å². The molecule has 0 bridgehead atoms. The van der Waals surface area contributed by atoms with Crippen LogP contribution in [0.25, 0.3) is 0 Å². The smallest absolute Gasteiger partial charge is 0.394 e. The summed E-state index contributed by atoms with van der Waals surface area (Å²) in [5.41, 5.74) is -1.85. The molecule has 0 aliphatic carbocycles. The second-order valence-corrected chi connectivity index (χ2v) is 5.27. The average Bonchev–Trinajstić information content (AvgIpc) is 2.33. The Balaban J connectivity index is 5.28. The van der Waals surface area contributed by atoms with Crippen LogP contribution < -0.4 is 0 Å². The Labute approximate surface area is 113 Å². The van der Waals surface area contributed by atoms with Crippen molar-refractivity contribution in [1.82, 2.24) is 0 Å². The van der Waals surface area contributed by atoms with E-state index in [-0.39, 0.29) is 25.4 Å². The van der Waals surface area contributed by atoms with Crippen LogP contribution in [0.5, 0.6) is 0 Å². The molecule has 0 heterocycles. The minimum atomic E-state index is -4.32. The van der Waals surface area contributed by atoms with Gasteiger partial charge >= 0.3 is 12.1 Å². The summed E-state index contributed by atoms with van der Waals surface area (Å²) in [6.45, 7) is 8.19. The summed E-state index contributed by atoms with van der Waals surface area (Å²) in [7, 11) is 0. The summed E-state index contributed by atoms with van der Waals surface area (Å²) in [5.74, 6) is -1.48. The molecule has 2 nitrogen and oxygen atoms in total. The van der Waals surface area contributed by atoms with Crippen LogP contribution in [-0.4, -0.2) is 18.8 Å². The third-order valence-electron chi connectivity index (χ3n) is 4.22. The number of hydrogen-bond donors (Lipinski definition) is 0. The number of esters is 1. The van der Waals surface area contributed by atoms with E-state index < -0.39 is 23.5 Å². The molecule has 0 rings (SSSR count). The third kappa shape index (κ3) is 4.39. The molecular weight excluding hydrogens is 257 g/mol. The molecular formula is C14H25F3O2. The predicted molar refractivity (Wildman–Crippen MR) is 68.6 cm³/mol. The summed E-state index contributed by atoms with van der Waals surface area (Å²) < 4.78 is 44.8. The monoisotopic (exact) mass is 282 g/mol. The fourth-order valence-corrected chi connectivity index (χ4v) is 2.41. The number of rotatable bonds is 7. The Kier molecular flexibility index (Phi) is 6.87. The molecule has 5 heteroatoms. The molecule has 0 saturated heterocycles. The van der Waals surface area contributed by atoms with Crippen LogP contribution in [0.1, 0.15) is 53.9 Å². The van der Waals surface area contributed by atoms with E-state index in [1.165, 1.54) is 13.8 Å². The van der Waals surface area contributed by atoms with Crippen LogP contribution in [-0.2, 0) is 9.53 Å². The summed E-state index contributed by atoms with van der Waals surface area (Å²) in [4.78, 5) is 11.6. The van der Waals surface area contributed by atoms with Crippen molar-refractivity contribution in [1.29, 1.82) is 0 Å². The zero-order valence-corrected chi connectivity index (χ0v) is 12.4. The van der Waals surface area contributed by atoms with E-state index >= 15 is 0 Å². The maximum Gasteiger partial charge on any atom is 0.394 e. The molecule has 0 radical (unpaired) electrons. The molecule has 0 aromatic rings. The first kappa shape index (κ1) is 18.3. The van der Waals surface area contributed by atoms with Crippen LogP contribution in [0.3, 0.4) is 0 Å². The lowest BCUT2D eigenvalue weighted by atomic mass is 9.66. The molecule has 2 unspecified atom stereocenters. The number of carbonyl (C=O) groups is 1. The van der Waals surface area contributed by atoms with Crippen LogP contribution in [0.4, 0.5) is 13.2 Å². The van der Waals surface area contributed by atoms with E-state index in [1.807, 2.05) is 6.92 Å². The first-order chi connectivity index (χ1) is 8.63. The van der Waals surface area contributed by atoms with Gasteiger partial charge in [-0.3, -0.25) is 4.79 Å². The van der Waals surface area contributed by atoms with Crippen LogP contribution in [0.15, 0.2) is 0 Å². The van der Waals surface area contributed by atoms with Crippen LogP contribution >= 0.6 is 0 Å². The molecule has 0 spiro atoms.